The molecule has 0 aromatic heterocycles. The summed E-state index contributed by atoms with van der Waals surface area (Å²) in [6.07, 6.45) is 14.3. The molecule has 0 bridgehead atoms. The quantitative estimate of drug-likeness (QED) is 0.273. The van der Waals surface area contributed by atoms with Crippen molar-refractivity contribution in [1.82, 2.24) is 0 Å². The maximum absolute atomic E-state index is 11.8. The van der Waals surface area contributed by atoms with Gasteiger partial charge in [-0.3, -0.25) is 0 Å². The van der Waals surface area contributed by atoms with Gasteiger partial charge in [0.05, 0.1) is 12.2 Å². The Hall–Kier alpha value is -0.830. The zero-order valence-corrected chi connectivity index (χ0v) is 16.1. The van der Waals surface area contributed by atoms with Crippen molar-refractivity contribution in [3.05, 3.63) is 34.3 Å². The lowest BCUT2D eigenvalue weighted by molar-refractivity contribution is 0.0497. The van der Waals surface area contributed by atoms with Crippen LogP contribution in [-0.4, -0.2) is 12.6 Å². The monoisotopic (exact) mass is 382 g/mol. The van der Waals surface area contributed by atoms with Crippen molar-refractivity contribution in [3.8, 4) is 0 Å². The van der Waals surface area contributed by atoms with Crippen LogP contribution in [0.1, 0.15) is 87.9 Å². The molecule has 1 rings (SSSR count). The summed E-state index contributed by atoms with van der Waals surface area (Å²) in [5.74, 6) is -0.224. The van der Waals surface area contributed by atoms with E-state index < -0.39 is 0 Å². The molecule has 0 heterocycles. The molecule has 1 aromatic carbocycles. The number of hydrogen-bond donors (Lipinski definition) is 0. The lowest BCUT2D eigenvalue weighted by Gasteiger charge is -2.05. The van der Waals surface area contributed by atoms with Crippen molar-refractivity contribution < 1.29 is 9.53 Å². The van der Waals surface area contributed by atoms with Crippen molar-refractivity contribution in [2.45, 2.75) is 77.6 Å². The molecule has 0 aliphatic heterocycles. The van der Waals surface area contributed by atoms with Crippen molar-refractivity contribution in [2.24, 2.45) is 0 Å². The van der Waals surface area contributed by atoms with E-state index in [1.165, 1.54) is 57.8 Å². The van der Waals surface area contributed by atoms with Crippen molar-refractivity contribution in [3.63, 3.8) is 0 Å². The van der Waals surface area contributed by atoms with Gasteiger partial charge in [0.1, 0.15) is 0 Å². The molecule has 0 fully saturated rings. The summed E-state index contributed by atoms with van der Waals surface area (Å²) >= 11 is 3.36. The second-order valence-corrected chi connectivity index (χ2v) is 7.10. The molecule has 0 radical (unpaired) electrons. The topological polar surface area (TPSA) is 26.3 Å². The Balaban J connectivity index is 1.91. The van der Waals surface area contributed by atoms with Gasteiger partial charge in [0.25, 0.3) is 0 Å². The molecule has 0 atom stereocenters. The number of carbonyl (C=O) groups is 1. The van der Waals surface area contributed by atoms with Gasteiger partial charge in [0.15, 0.2) is 0 Å². The van der Waals surface area contributed by atoms with E-state index in [2.05, 4.69) is 22.9 Å². The second-order valence-electron chi connectivity index (χ2n) is 6.18. The van der Waals surface area contributed by atoms with Crippen molar-refractivity contribution >= 4 is 21.9 Å². The molecule has 0 saturated heterocycles. The summed E-state index contributed by atoms with van der Waals surface area (Å²) in [6, 6.07) is 7.33. The zero-order chi connectivity index (χ0) is 16.8. The van der Waals surface area contributed by atoms with Crippen LogP contribution in [-0.2, 0) is 4.74 Å². The Kier molecular flexibility index (Phi) is 11.9. The Morgan fingerprint density at radius 3 is 2.04 bits per heavy atom. The molecule has 0 spiro atoms. The summed E-state index contributed by atoms with van der Waals surface area (Å²) in [6.45, 7) is 2.79. The van der Waals surface area contributed by atoms with Crippen LogP contribution >= 0.6 is 15.9 Å². The number of esters is 1. The predicted octanol–water partition coefficient (Wildman–Crippen LogP) is 6.92. The third-order valence-electron chi connectivity index (χ3n) is 4.04. The minimum absolute atomic E-state index is 0.224. The molecule has 3 heteroatoms. The second kappa shape index (κ2) is 13.6. The highest BCUT2D eigenvalue weighted by Gasteiger charge is 2.06. The standard InChI is InChI=1S/C20H31BrO2/c1-2-3-4-5-6-7-8-9-10-11-12-16-23-20(22)18-14-13-15-19(21)17-18/h13-15,17H,2-12,16H2,1H3. The van der Waals surface area contributed by atoms with Crippen LogP contribution in [0.15, 0.2) is 28.7 Å². The number of unbranched alkanes of at least 4 members (excludes halogenated alkanes) is 10. The van der Waals surface area contributed by atoms with Crippen LogP contribution in [0, 0.1) is 0 Å². The Morgan fingerprint density at radius 1 is 0.913 bits per heavy atom. The first-order chi connectivity index (χ1) is 11.2. The lowest BCUT2D eigenvalue weighted by Crippen LogP contribution is -2.06. The van der Waals surface area contributed by atoms with Crippen molar-refractivity contribution in [1.29, 1.82) is 0 Å². The minimum Gasteiger partial charge on any atom is -0.462 e. The van der Waals surface area contributed by atoms with Gasteiger partial charge >= 0.3 is 5.97 Å². The van der Waals surface area contributed by atoms with Crippen LogP contribution in [0.3, 0.4) is 0 Å². The van der Waals surface area contributed by atoms with E-state index in [1.807, 2.05) is 12.1 Å². The van der Waals surface area contributed by atoms with Crippen LogP contribution < -0.4 is 0 Å². The Labute approximate surface area is 150 Å². The highest BCUT2D eigenvalue weighted by atomic mass is 79.9. The van der Waals surface area contributed by atoms with E-state index in [-0.39, 0.29) is 5.97 Å². The lowest BCUT2D eigenvalue weighted by atomic mass is 10.1. The smallest absolute Gasteiger partial charge is 0.338 e. The average Bonchev–Trinajstić information content (AvgIpc) is 2.55. The summed E-state index contributed by atoms with van der Waals surface area (Å²) in [5.41, 5.74) is 0.613. The van der Waals surface area contributed by atoms with Gasteiger partial charge in [0.2, 0.25) is 0 Å². The minimum atomic E-state index is -0.224. The fourth-order valence-electron chi connectivity index (χ4n) is 2.63. The van der Waals surface area contributed by atoms with Gasteiger partial charge in [-0.05, 0) is 24.6 Å². The van der Waals surface area contributed by atoms with E-state index in [0.717, 1.165) is 17.3 Å². The fraction of sp³-hybridized carbons (Fsp3) is 0.650. The van der Waals surface area contributed by atoms with Gasteiger partial charge in [-0.1, -0.05) is 93.1 Å². The van der Waals surface area contributed by atoms with Gasteiger partial charge in [0, 0.05) is 4.47 Å². The van der Waals surface area contributed by atoms with Crippen molar-refractivity contribution in [2.75, 3.05) is 6.61 Å². The molecule has 0 saturated carbocycles. The van der Waals surface area contributed by atoms with Gasteiger partial charge in [-0.2, -0.15) is 0 Å². The van der Waals surface area contributed by atoms with Gasteiger partial charge in [-0.15, -0.1) is 0 Å². The van der Waals surface area contributed by atoms with Crippen LogP contribution in [0.4, 0.5) is 0 Å². The molecule has 23 heavy (non-hydrogen) atoms. The number of carbonyl (C=O) groups excluding carboxylic acids is 1. The number of rotatable bonds is 13. The maximum Gasteiger partial charge on any atom is 0.338 e. The first-order valence-corrected chi connectivity index (χ1v) is 9.96. The van der Waals surface area contributed by atoms with E-state index in [0.29, 0.717) is 12.2 Å². The Bertz CT molecular complexity index is 431. The molecule has 1 aromatic rings. The SMILES string of the molecule is CCCCCCCCCCCCCOC(=O)c1cccc(Br)c1. The number of hydrogen-bond acceptors (Lipinski definition) is 2. The molecule has 0 N–H and O–H groups in total. The zero-order valence-electron chi connectivity index (χ0n) is 14.5. The molecule has 2 nitrogen and oxygen atoms in total. The Morgan fingerprint density at radius 2 is 1.48 bits per heavy atom. The number of halogens is 1. The molecule has 0 amide bonds. The highest BCUT2D eigenvalue weighted by molar-refractivity contribution is 9.10. The summed E-state index contributed by atoms with van der Waals surface area (Å²) in [5, 5.41) is 0. The molecular weight excluding hydrogens is 352 g/mol. The van der Waals surface area contributed by atoms with Gasteiger partial charge < -0.3 is 4.74 Å². The highest BCUT2D eigenvalue weighted by Crippen LogP contribution is 2.13. The molecule has 0 aliphatic carbocycles. The van der Waals surface area contributed by atoms with E-state index >= 15 is 0 Å². The molecular formula is C20H31BrO2. The summed E-state index contributed by atoms with van der Waals surface area (Å²) in [7, 11) is 0. The third kappa shape index (κ3) is 10.5. The van der Waals surface area contributed by atoms with E-state index in [9.17, 15) is 4.79 Å². The maximum atomic E-state index is 11.8. The first-order valence-electron chi connectivity index (χ1n) is 9.16. The number of benzene rings is 1. The molecule has 0 unspecified atom stereocenters. The van der Waals surface area contributed by atoms with Crippen LogP contribution in [0.2, 0.25) is 0 Å². The largest absolute Gasteiger partial charge is 0.462 e. The number of ether oxygens (including phenoxy) is 1. The molecule has 0 aliphatic rings. The average molecular weight is 383 g/mol. The third-order valence-corrected chi connectivity index (χ3v) is 4.53. The normalized spacial score (nSPS) is 10.7. The first kappa shape index (κ1) is 20.2. The predicted molar refractivity (Wildman–Crippen MR) is 101 cm³/mol. The van der Waals surface area contributed by atoms with Crippen LogP contribution in [0.25, 0.3) is 0 Å². The van der Waals surface area contributed by atoms with E-state index in [1.54, 1.807) is 12.1 Å². The summed E-state index contributed by atoms with van der Waals surface area (Å²) < 4.78 is 6.21. The van der Waals surface area contributed by atoms with Crippen LogP contribution in [0.5, 0.6) is 0 Å². The van der Waals surface area contributed by atoms with Gasteiger partial charge in [-0.25, -0.2) is 4.79 Å². The fourth-order valence-corrected chi connectivity index (χ4v) is 3.03. The summed E-state index contributed by atoms with van der Waals surface area (Å²) in [4.78, 5) is 11.8. The van der Waals surface area contributed by atoms with E-state index in [4.69, 9.17) is 4.74 Å². The molecule has 130 valence electrons.